The highest BCUT2D eigenvalue weighted by Crippen LogP contribution is 2.47. The summed E-state index contributed by atoms with van der Waals surface area (Å²) < 4.78 is 0. The standard InChI is InChI=1S/C20H20N4O4/c1-13(11-19(25)21-15-7-9-16(10-8-15)24(27)28)22-23-20(26)18-12-17(18)14-5-3-2-4-6-14/h2-10,17-18H,11-12H2,1H3,(H,21,25)(H,23,26)/b22-13-/t17-,18+/m0/s1. The average molecular weight is 380 g/mol. The number of carbonyl (C=O) groups is 2. The van der Waals surface area contributed by atoms with Crippen molar-refractivity contribution < 1.29 is 14.5 Å². The minimum Gasteiger partial charge on any atom is -0.326 e. The van der Waals surface area contributed by atoms with Crippen molar-refractivity contribution >= 4 is 28.9 Å². The van der Waals surface area contributed by atoms with Crippen LogP contribution in [0.3, 0.4) is 0 Å². The van der Waals surface area contributed by atoms with Crippen LogP contribution in [0.1, 0.15) is 31.2 Å². The third-order valence-electron chi connectivity index (χ3n) is 4.49. The summed E-state index contributed by atoms with van der Waals surface area (Å²) in [6.07, 6.45) is 0.801. The van der Waals surface area contributed by atoms with Gasteiger partial charge in [-0.05, 0) is 37.0 Å². The van der Waals surface area contributed by atoms with Crippen LogP contribution in [0.4, 0.5) is 11.4 Å². The van der Waals surface area contributed by atoms with E-state index in [1.807, 2.05) is 30.3 Å². The second-order valence-corrected chi connectivity index (χ2v) is 6.71. The van der Waals surface area contributed by atoms with Gasteiger partial charge in [0.15, 0.2) is 0 Å². The fraction of sp³-hybridized carbons (Fsp3) is 0.250. The first-order valence-electron chi connectivity index (χ1n) is 8.86. The Hall–Kier alpha value is -3.55. The summed E-state index contributed by atoms with van der Waals surface area (Å²) in [6.45, 7) is 1.65. The molecule has 144 valence electrons. The maximum Gasteiger partial charge on any atom is 0.269 e. The van der Waals surface area contributed by atoms with Gasteiger partial charge in [-0.2, -0.15) is 5.10 Å². The predicted molar refractivity (Wildman–Crippen MR) is 105 cm³/mol. The van der Waals surface area contributed by atoms with E-state index in [2.05, 4.69) is 15.8 Å². The third-order valence-corrected chi connectivity index (χ3v) is 4.49. The van der Waals surface area contributed by atoms with Crippen LogP contribution < -0.4 is 10.7 Å². The quantitative estimate of drug-likeness (QED) is 0.436. The number of nitro benzene ring substituents is 1. The fourth-order valence-electron chi connectivity index (χ4n) is 2.93. The van der Waals surface area contributed by atoms with Crippen molar-refractivity contribution in [1.29, 1.82) is 0 Å². The predicted octanol–water partition coefficient (Wildman–Crippen LogP) is 3.22. The van der Waals surface area contributed by atoms with Crippen LogP contribution in [-0.2, 0) is 9.59 Å². The van der Waals surface area contributed by atoms with Gasteiger partial charge in [0, 0.05) is 29.4 Å². The molecule has 2 aromatic carbocycles. The van der Waals surface area contributed by atoms with Crippen molar-refractivity contribution in [2.75, 3.05) is 5.32 Å². The lowest BCUT2D eigenvalue weighted by molar-refractivity contribution is -0.384. The Labute approximate surface area is 161 Å². The number of hydrogen-bond acceptors (Lipinski definition) is 5. The normalized spacial score (nSPS) is 18.2. The van der Waals surface area contributed by atoms with Gasteiger partial charge in [0.05, 0.1) is 11.3 Å². The molecule has 1 fully saturated rings. The molecule has 28 heavy (non-hydrogen) atoms. The molecule has 0 radical (unpaired) electrons. The number of rotatable bonds is 7. The molecule has 0 spiro atoms. The maximum absolute atomic E-state index is 12.2. The highest BCUT2D eigenvalue weighted by Gasteiger charge is 2.43. The second kappa shape index (κ2) is 8.43. The Morgan fingerprint density at radius 2 is 1.82 bits per heavy atom. The van der Waals surface area contributed by atoms with E-state index >= 15 is 0 Å². The zero-order valence-electron chi connectivity index (χ0n) is 15.3. The summed E-state index contributed by atoms with van der Waals surface area (Å²) in [5.41, 5.74) is 4.54. The molecule has 2 N–H and O–H groups in total. The summed E-state index contributed by atoms with van der Waals surface area (Å²) in [5, 5.41) is 17.3. The van der Waals surface area contributed by atoms with Gasteiger partial charge in [-0.1, -0.05) is 30.3 Å². The van der Waals surface area contributed by atoms with Gasteiger partial charge in [-0.3, -0.25) is 19.7 Å². The fourth-order valence-corrected chi connectivity index (χ4v) is 2.93. The summed E-state index contributed by atoms with van der Waals surface area (Å²) >= 11 is 0. The van der Waals surface area contributed by atoms with Crippen LogP contribution in [0, 0.1) is 16.0 Å². The molecule has 8 nitrogen and oxygen atoms in total. The summed E-state index contributed by atoms with van der Waals surface area (Å²) in [5.74, 6) is -0.336. The number of carbonyl (C=O) groups excluding carboxylic acids is 2. The molecule has 2 aromatic rings. The highest BCUT2D eigenvalue weighted by atomic mass is 16.6. The van der Waals surface area contributed by atoms with Crippen molar-refractivity contribution in [2.45, 2.75) is 25.7 Å². The number of non-ortho nitro benzene ring substituents is 1. The average Bonchev–Trinajstić information content (AvgIpc) is 3.48. The number of hydrogen-bond donors (Lipinski definition) is 2. The van der Waals surface area contributed by atoms with Gasteiger partial charge < -0.3 is 5.32 Å². The van der Waals surface area contributed by atoms with Crippen molar-refractivity contribution in [3.05, 3.63) is 70.3 Å². The minimum atomic E-state index is -0.507. The molecular formula is C20H20N4O4. The number of nitro groups is 1. The molecule has 0 aliphatic heterocycles. The van der Waals surface area contributed by atoms with Crippen LogP contribution in [-0.4, -0.2) is 22.4 Å². The van der Waals surface area contributed by atoms with Crippen LogP contribution >= 0.6 is 0 Å². The SMILES string of the molecule is C/C(CC(=O)Nc1ccc([N+](=O)[O-])cc1)=N/NC(=O)[C@@H]1C[C@H]1c1ccccc1. The maximum atomic E-state index is 12.2. The molecule has 0 heterocycles. The van der Waals surface area contributed by atoms with Crippen LogP contribution in [0.5, 0.6) is 0 Å². The Morgan fingerprint density at radius 1 is 1.14 bits per heavy atom. The number of amides is 2. The zero-order valence-corrected chi connectivity index (χ0v) is 15.3. The van der Waals surface area contributed by atoms with E-state index in [1.165, 1.54) is 24.3 Å². The van der Waals surface area contributed by atoms with Gasteiger partial charge in [0.2, 0.25) is 11.8 Å². The molecule has 2 atom stereocenters. The smallest absolute Gasteiger partial charge is 0.269 e. The first kappa shape index (κ1) is 19.2. The molecule has 8 heteroatoms. The molecule has 1 saturated carbocycles. The Bertz CT molecular complexity index is 910. The van der Waals surface area contributed by atoms with Gasteiger partial charge in [0.1, 0.15) is 0 Å². The third kappa shape index (κ3) is 5.00. The first-order valence-corrected chi connectivity index (χ1v) is 8.86. The summed E-state index contributed by atoms with van der Waals surface area (Å²) in [7, 11) is 0. The van der Waals surface area contributed by atoms with Crippen LogP contribution in [0.25, 0.3) is 0 Å². The van der Waals surface area contributed by atoms with Gasteiger partial charge in [-0.25, -0.2) is 5.43 Å². The minimum absolute atomic E-state index is 0.00402. The van der Waals surface area contributed by atoms with Crippen molar-refractivity contribution in [3.8, 4) is 0 Å². The molecule has 0 aromatic heterocycles. The first-order chi connectivity index (χ1) is 13.4. The zero-order chi connectivity index (χ0) is 20.1. The van der Waals surface area contributed by atoms with Gasteiger partial charge in [-0.15, -0.1) is 0 Å². The molecule has 1 aliphatic rings. The lowest BCUT2D eigenvalue weighted by Gasteiger charge is -2.05. The topological polar surface area (TPSA) is 114 Å². The van der Waals surface area contributed by atoms with E-state index in [4.69, 9.17) is 0 Å². The van der Waals surface area contributed by atoms with Gasteiger partial charge >= 0.3 is 0 Å². The van der Waals surface area contributed by atoms with Crippen molar-refractivity contribution in [3.63, 3.8) is 0 Å². The van der Waals surface area contributed by atoms with Crippen molar-refractivity contribution in [2.24, 2.45) is 11.0 Å². The Balaban J connectivity index is 1.45. The van der Waals surface area contributed by atoms with E-state index in [-0.39, 0.29) is 35.8 Å². The molecule has 0 unspecified atom stereocenters. The lowest BCUT2D eigenvalue weighted by atomic mass is 10.1. The molecule has 3 rings (SSSR count). The monoisotopic (exact) mass is 380 g/mol. The number of anilines is 1. The number of nitrogens with one attached hydrogen (secondary N) is 2. The lowest BCUT2D eigenvalue weighted by Crippen LogP contribution is -2.23. The number of hydrazone groups is 1. The number of benzene rings is 2. The van der Waals surface area contributed by atoms with E-state index in [0.29, 0.717) is 11.4 Å². The highest BCUT2D eigenvalue weighted by molar-refractivity contribution is 6.05. The molecule has 2 amide bonds. The van der Waals surface area contributed by atoms with Gasteiger partial charge in [0.25, 0.3) is 5.69 Å². The number of nitrogens with zero attached hydrogens (tertiary/aromatic N) is 2. The molecule has 0 saturated heterocycles. The Kier molecular flexibility index (Phi) is 5.78. The van der Waals surface area contributed by atoms with E-state index in [0.717, 1.165) is 12.0 Å². The largest absolute Gasteiger partial charge is 0.326 e. The molecule has 1 aliphatic carbocycles. The second-order valence-electron chi connectivity index (χ2n) is 6.71. The van der Waals surface area contributed by atoms with Crippen LogP contribution in [0.15, 0.2) is 59.7 Å². The Morgan fingerprint density at radius 3 is 2.46 bits per heavy atom. The van der Waals surface area contributed by atoms with E-state index in [9.17, 15) is 19.7 Å². The van der Waals surface area contributed by atoms with Crippen LogP contribution in [0.2, 0.25) is 0 Å². The molecular weight excluding hydrogens is 360 g/mol. The van der Waals surface area contributed by atoms with E-state index < -0.39 is 4.92 Å². The molecule has 0 bridgehead atoms. The summed E-state index contributed by atoms with van der Waals surface area (Å²) in [6, 6.07) is 15.4. The van der Waals surface area contributed by atoms with Crippen molar-refractivity contribution in [1.82, 2.24) is 5.43 Å². The summed E-state index contributed by atoms with van der Waals surface area (Å²) in [4.78, 5) is 34.3. The van der Waals surface area contributed by atoms with E-state index in [1.54, 1.807) is 6.92 Å².